The Morgan fingerprint density at radius 2 is 1.95 bits per heavy atom. The van der Waals surface area contributed by atoms with Crippen LogP contribution in [0.2, 0.25) is 0 Å². The van der Waals surface area contributed by atoms with Gasteiger partial charge in [-0.2, -0.15) is 0 Å². The molecule has 6 nitrogen and oxygen atoms in total. The number of ether oxygens (including phenoxy) is 1. The van der Waals surface area contributed by atoms with Crippen molar-refractivity contribution in [2.24, 2.45) is 5.41 Å². The van der Waals surface area contributed by atoms with E-state index in [-0.39, 0.29) is 6.61 Å². The first-order valence-corrected chi connectivity index (χ1v) is 7.26. The zero-order valence-electron chi connectivity index (χ0n) is 13.1. The van der Waals surface area contributed by atoms with Crippen molar-refractivity contribution in [1.82, 2.24) is 10.4 Å². The topological polar surface area (TPSA) is 78.9 Å². The summed E-state index contributed by atoms with van der Waals surface area (Å²) in [4.78, 5) is 23.8. The second-order valence-electron chi connectivity index (χ2n) is 6.51. The number of carbonyl (C=O) groups is 2. The van der Waals surface area contributed by atoms with E-state index in [1.54, 1.807) is 0 Å². The molecular formula is C16H22N2O4. The molecule has 6 heteroatoms. The van der Waals surface area contributed by atoms with Crippen LogP contribution in [0, 0.1) is 5.41 Å². The maximum Gasteiger partial charge on any atom is 0.424 e. The minimum atomic E-state index is -1.17. The molecule has 0 saturated carbocycles. The number of carboxylic acid groups (broad SMARTS) is 1. The van der Waals surface area contributed by atoms with E-state index in [0.29, 0.717) is 13.0 Å². The standard InChI is InChI=1S/C16H22N2O4/c1-15(2,3)16(13(19)20)9-10-18(17-16)14(21)22-11-12-7-5-4-6-8-12/h4-8,17H,9-11H2,1-3H3,(H,19,20). The van der Waals surface area contributed by atoms with Crippen LogP contribution in [-0.4, -0.2) is 34.3 Å². The van der Waals surface area contributed by atoms with Crippen LogP contribution < -0.4 is 5.43 Å². The van der Waals surface area contributed by atoms with Crippen LogP contribution in [0.1, 0.15) is 32.8 Å². The fourth-order valence-corrected chi connectivity index (χ4v) is 2.57. The highest BCUT2D eigenvalue weighted by atomic mass is 16.6. The van der Waals surface area contributed by atoms with Crippen LogP contribution >= 0.6 is 0 Å². The molecule has 2 rings (SSSR count). The molecule has 1 saturated heterocycles. The van der Waals surface area contributed by atoms with Gasteiger partial charge in [0, 0.05) is 6.54 Å². The molecule has 0 radical (unpaired) electrons. The molecule has 0 aliphatic carbocycles. The summed E-state index contributed by atoms with van der Waals surface area (Å²) < 4.78 is 5.23. The Hall–Kier alpha value is -2.08. The van der Waals surface area contributed by atoms with Gasteiger partial charge >= 0.3 is 12.1 Å². The van der Waals surface area contributed by atoms with Gasteiger partial charge in [-0.1, -0.05) is 51.1 Å². The smallest absolute Gasteiger partial charge is 0.424 e. The second kappa shape index (κ2) is 5.96. The highest BCUT2D eigenvalue weighted by Gasteiger charge is 2.54. The summed E-state index contributed by atoms with van der Waals surface area (Å²) in [5.74, 6) is -0.960. The van der Waals surface area contributed by atoms with Crippen molar-refractivity contribution in [3.8, 4) is 0 Å². The molecule has 120 valence electrons. The van der Waals surface area contributed by atoms with Crippen LogP contribution in [-0.2, 0) is 16.1 Å². The highest BCUT2D eigenvalue weighted by Crippen LogP contribution is 2.37. The van der Waals surface area contributed by atoms with Gasteiger partial charge in [-0.15, -0.1) is 0 Å². The van der Waals surface area contributed by atoms with Crippen LogP contribution in [0.3, 0.4) is 0 Å². The van der Waals surface area contributed by atoms with Gasteiger partial charge in [0.15, 0.2) is 0 Å². The van der Waals surface area contributed by atoms with Crippen molar-refractivity contribution in [3.05, 3.63) is 35.9 Å². The maximum atomic E-state index is 12.1. The molecule has 2 N–H and O–H groups in total. The molecule has 1 aromatic carbocycles. The number of hydrogen-bond donors (Lipinski definition) is 2. The normalized spacial score (nSPS) is 21.7. The Kier molecular flexibility index (Phi) is 4.42. The molecule has 0 bridgehead atoms. The van der Waals surface area contributed by atoms with Crippen LogP contribution in [0.25, 0.3) is 0 Å². The van der Waals surface area contributed by atoms with Crippen molar-refractivity contribution in [2.45, 2.75) is 39.3 Å². The van der Waals surface area contributed by atoms with Gasteiger partial charge in [-0.05, 0) is 17.4 Å². The minimum absolute atomic E-state index is 0.160. The predicted molar refractivity (Wildman–Crippen MR) is 80.9 cm³/mol. The number of carboxylic acids is 1. The molecule has 1 aliphatic heterocycles. The average Bonchev–Trinajstić information content (AvgIpc) is 2.92. The minimum Gasteiger partial charge on any atom is -0.480 e. The van der Waals surface area contributed by atoms with E-state index in [1.807, 2.05) is 51.1 Å². The van der Waals surface area contributed by atoms with E-state index in [2.05, 4.69) is 5.43 Å². The van der Waals surface area contributed by atoms with Crippen LogP contribution in [0.15, 0.2) is 30.3 Å². The number of carbonyl (C=O) groups excluding carboxylic acids is 1. The highest BCUT2D eigenvalue weighted by molar-refractivity contribution is 5.81. The molecule has 1 aromatic rings. The Balaban J connectivity index is 2.00. The van der Waals surface area contributed by atoms with Crippen LogP contribution in [0.4, 0.5) is 4.79 Å². The molecule has 22 heavy (non-hydrogen) atoms. The van der Waals surface area contributed by atoms with Crippen LogP contribution in [0.5, 0.6) is 0 Å². The first-order chi connectivity index (χ1) is 10.3. The van der Waals surface area contributed by atoms with E-state index < -0.39 is 23.0 Å². The average molecular weight is 306 g/mol. The number of nitrogens with zero attached hydrogens (tertiary/aromatic N) is 1. The van der Waals surface area contributed by atoms with Crippen molar-refractivity contribution in [2.75, 3.05) is 6.54 Å². The van der Waals surface area contributed by atoms with Crippen molar-refractivity contribution < 1.29 is 19.4 Å². The molecule has 1 aliphatic rings. The van der Waals surface area contributed by atoms with E-state index in [9.17, 15) is 14.7 Å². The first-order valence-electron chi connectivity index (χ1n) is 7.26. The molecule has 1 fully saturated rings. The number of rotatable bonds is 3. The summed E-state index contributed by atoms with van der Waals surface area (Å²) in [7, 11) is 0. The van der Waals surface area contributed by atoms with Gasteiger partial charge in [0.05, 0.1) is 0 Å². The molecule has 0 aromatic heterocycles. The molecule has 0 spiro atoms. The van der Waals surface area contributed by atoms with Gasteiger partial charge in [-0.25, -0.2) is 15.2 Å². The summed E-state index contributed by atoms with van der Waals surface area (Å²) in [5, 5.41) is 10.8. The number of hydrogen-bond acceptors (Lipinski definition) is 4. The second-order valence-corrected chi connectivity index (χ2v) is 6.51. The lowest BCUT2D eigenvalue weighted by Crippen LogP contribution is -2.60. The SMILES string of the molecule is CC(C)(C)C1(C(=O)O)CCN(C(=O)OCc2ccccc2)N1. The van der Waals surface area contributed by atoms with E-state index in [0.717, 1.165) is 5.56 Å². The van der Waals surface area contributed by atoms with Gasteiger partial charge in [0.1, 0.15) is 12.1 Å². The van der Waals surface area contributed by atoms with Gasteiger partial charge in [0.25, 0.3) is 0 Å². The molecule has 1 atom stereocenters. The third-order valence-electron chi connectivity index (χ3n) is 4.11. The number of aliphatic carboxylic acids is 1. The lowest BCUT2D eigenvalue weighted by Gasteiger charge is -2.37. The fraction of sp³-hybridized carbons (Fsp3) is 0.500. The van der Waals surface area contributed by atoms with E-state index >= 15 is 0 Å². The zero-order valence-corrected chi connectivity index (χ0v) is 13.1. The van der Waals surface area contributed by atoms with Gasteiger partial charge < -0.3 is 9.84 Å². The van der Waals surface area contributed by atoms with E-state index in [1.165, 1.54) is 5.01 Å². The van der Waals surface area contributed by atoms with Gasteiger partial charge in [0.2, 0.25) is 0 Å². The van der Waals surface area contributed by atoms with Gasteiger partial charge in [-0.3, -0.25) is 4.79 Å². The number of hydrazine groups is 1. The summed E-state index contributed by atoms with van der Waals surface area (Å²) in [6, 6.07) is 9.35. The number of benzene rings is 1. The molecule has 1 heterocycles. The number of nitrogens with one attached hydrogen (secondary N) is 1. The summed E-state index contributed by atoms with van der Waals surface area (Å²) in [6.07, 6.45) is -0.219. The Morgan fingerprint density at radius 3 is 2.45 bits per heavy atom. The first kappa shape index (κ1) is 16.3. The maximum absolute atomic E-state index is 12.1. The predicted octanol–water partition coefficient (Wildman–Crippen LogP) is 2.40. The lowest BCUT2D eigenvalue weighted by atomic mass is 9.73. The molecular weight excluding hydrogens is 284 g/mol. The summed E-state index contributed by atoms with van der Waals surface area (Å²) in [5.41, 5.74) is 2.02. The quantitative estimate of drug-likeness (QED) is 0.896. The fourth-order valence-electron chi connectivity index (χ4n) is 2.57. The lowest BCUT2D eigenvalue weighted by molar-refractivity contribution is -0.150. The largest absolute Gasteiger partial charge is 0.480 e. The van der Waals surface area contributed by atoms with E-state index in [4.69, 9.17) is 4.74 Å². The van der Waals surface area contributed by atoms with Crippen molar-refractivity contribution in [3.63, 3.8) is 0 Å². The summed E-state index contributed by atoms with van der Waals surface area (Å²) >= 11 is 0. The van der Waals surface area contributed by atoms with Crippen molar-refractivity contribution >= 4 is 12.1 Å². The molecule has 1 unspecified atom stereocenters. The zero-order chi connectivity index (χ0) is 16.4. The summed E-state index contributed by atoms with van der Waals surface area (Å²) in [6.45, 7) is 5.98. The van der Waals surface area contributed by atoms with Crippen molar-refractivity contribution in [1.29, 1.82) is 0 Å². The third-order valence-corrected chi connectivity index (χ3v) is 4.11. The Bertz CT molecular complexity index is 553. The number of amides is 1. The molecule has 1 amide bonds. The Labute approximate surface area is 130 Å². The third kappa shape index (κ3) is 3.06. The monoisotopic (exact) mass is 306 g/mol. The Morgan fingerprint density at radius 1 is 1.32 bits per heavy atom.